The Morgan fingerprint density at radius 1 is 0.900 bits per heavy atom. The van der Waals surface area contributed by atoms with Gasteiger partial charge < -0.3 is 30.1 Å². The zero-order valence-corrected chi connectivity index (χ0v) is 27.9. The highest BCUT2D eigenvalue weighted by molar-refractivity contribution is 7.99. The number of aromatic nitrogens is 4. The van der Waals surface area contributed by atoms with Crippen LogP contribution in [0.1, 0.15) is 60.3 Å². The number of ether oxygens (including phenoxy) is 2. The minimum Gasteiger partial charge on any atom is -0.508 e. The molecule has 1 fully saturated rings. The third-order valence-electron chi connectivity index (χ3n) is 8.33. The quantitative estimate of drug-likeness (QED) is 0.105. The maximum absolute atomic E-state index is 12.3. The molecular formula is C37H37N5O7S. The van der Waals surface area contributed by atoms with Crippen molar-refractivity contribution in [1.29, 1.82) is 0 Å². The Morgan fingerprint density at radius 2 is 1.64 bits per heavy atom. The van der Waals surface area contributed by atoms with Crippen LogP contribution in [0.3, 0.4) is 0 Å². The molecular weight excluding hydrogens is 659 g/mol. The number of carbonyl (C=O) groups is 2. The van der Waals surface area contributed by atoms with Crippen LogP contribution in [0.5, 0.6) is 5.75 Å². The highest BCUT2D eigenvalue weighted by Gasteiger charge is 2.33. The van der Waals surface area contributed by atoms with Crippen LogP contribution in [0.2, 0.25) is 0 Å². The molecule has 0 radical (unpaired) electrons. The number of hydrogen-bond acceptors (Lipinski definition) is 10. The number of nitrogens with zero attached hydrogens (tertiary/aromatic N) is 4. The monoisotopic (exact) mass is 695 g/mol. The predicted molar refractivity (Wildman–Crippen MR) is 185 cm³/mol. The summed E-state index contributed by atoms with van der Waals surface area (Å²) >= 11 is 1.47. The number of phenolic OH excluding ortho intramolecular Hbond substituents is 1. The Hall–Kier alpha value is -5.08. The molecule has 1 aliphatic rings. The highest BCUT2D eigenvalue weighted by Crippen LogP contribution is 2.40. The molecule has 0 spiro atoms. The summed E-state index contributed by atoms with van der Waals surface area (Å²) < 4.78 is 14.7. The lowest BCUT2D eigenvalue weighted by Crippen LogP contribution is -2.31. The lowest BCUT2D eigenvalue weighted by Gasteiger charge is -2.36. The van der Waals surface area contributed by atoms with Gasteiger partial charge in [0.2, 0.25) is 11.1 Å². The molecule has 12 nitrogen and oxygen atoms in total. The van der Waals surface area contributed by atoms with Crippen LogP contribution in [0.25, 0.3) is 16.8 Å². The number of phenols is 1. The summed E-state index contributed by atoms with van der Waals surface area (Å²) in [6.45, 7) is 0.284. The first-order valence-corrected chi connectivity index (χ1v) is 17.2. The first kappa shape index (κ1) is 34.8. The van der Waals surface area contributed by atoms with Crippen molar-refractivity contribution in [2.45, 2.75) is 62.5 Å². The highest BCUT2D eigenvalue weighted by atomic mass is 32.2. The van der Waals surface area contributed by atoms with Crippen LogP contribution in [-0.2, 0) is 32.2 Å². The van der Waals surface area contributed by atoms with Crippen molar-refractivity contribution >= 4 is 23.6 Å². The van der Waals surface area contributed by atoms with E-state index >= 15 is 0 Å². The molecule has 2 heterocycles. The number of aliphatic carboxylic acids is 1. The number of carboxylic acid groups (broad SMARTS) is 1. The van der Waals surface area contributed by atoms with Gasteiger partial charge in [-0.05, 0) is 68.9 Å². The number of aliphatic hydroxyl groups excluding tert-OH is 1. The van der Waals surface area contributed by atoms with Crippen molar-refractivity contribution in [2.75, 3.05) is 5.75 Å². The number of thioether (sulfide) groups is 1. The molecule has 0 saturated carbocycles. The molecule has 1 aromatic heterocycles. The maximum Gasteiger partial charge on any atom is 0.303 e. The normalized spacial score (nSPS) is 17.3. The van der Waals surface area contributed by atoms with Gasteiger partial charge in [0, 0.05) is 37.1 Å². The predicted octanol–water partition coefficient (Wildman–Crippen LogP) is 5.74. The summed E-state index contributed by atoms with van der Waals surface area (Å²) in [5, 5.41) is 43.8. The summed E-state index contributed by atoms with van der Waals surface area (Å²) in [7, 11) is 0. The first-order chi connectivity index (χ1) is 24.4. The Balaban J connectivity index is 1.17. The van der Waals surface area contributed by atoms with E-state index < -0.39 is 12.3 Å². The van der Waals surface area contributed by atoms with E-state index in [4.69, 9.17) is 14.6 Å². The van der Waals surface area contributed by atoms with Crippen LogP contribution >= 0.6 is 11.8 Å². The van der Waals surface area contributed by atoms with E-state index in [-0.39, 0.29) is 43.3 Å². The molecule has 1 amide bonds. The molecule has 3 atom stereocenters. The average Bonchev–Trinajstić information content (AvgIpc) is 3.62. The van der Waals surface area contributed by atoms with E-state index in [9.17, 15) is 19.8 Å². The van der Waals surface area contributed by atoms with E-state index in [0.717, 1.165) is 39.1 Å². The molecule has 0 bridgehead atoms. The number of carboxylic acids is 1. The molecule has 0 aliphatic carbocycles. The molecule has 5 aromatic rings. The van der Waals surface area contributed by atoms with Crippen LogP contribution in [0.15, 0.2) is 102 Å². The number of tetrazole rings is 1. The van der Waals surface area contributed by atoms with Gasteiger partial charge >= 0.3 is 5.97 Å². The number of hydrogen-bond donors (Lipinski definition) is 4. The van der Waals surface area contributed by atoms with Gasteiger partial charge in [-0.1, -0.05) is 84.6 Å². The number of aromatic hydroxyl groups is 1. The third kappa shape index (κ3) is 8.93. The van der Waals surface area contributed by atoms with Gasteiger partial charge in [0.05, 0.1) is 24.5 Å². The third-order valence-corrected chi connectivity index (χ3v) is 9.38. The van der Waals surface area contributed by atoms with E-state index in [0.29, 0.717) is 30.3 Å². The van der Waals surface area contributed by atoms with Crippen molar-refractivity contribution < 1.29 is 34.4 Å². The van der Waals surface area contributed by atoms with E-state index in [1.54, 1.807) is 28.9 Å². The number of nitrogens with one attached hydrogen (secondary N) is 1. The summed E-state index contributed by atoms with van der Waals surface area (Å²) in [6, 6.07) is 30.2. The van der Waals surface area contributed by atoms with E-state index in [1.165, 1.54) is 11.8 Å². The van der Waals surface area contributed by atoms with E-state index in [2.05, 4.69) is 20.8 Å². The zero-order chi connectivity index (χ0) is 34.9. The van der Waals surface area contributed by atoms with Gasteiger partial charge in [0.15, 0.2) is 6.29 Å². The molecule has 1 saturated heterocycles. The van der Waals surface area contributed by atoms with Crippen molar-refractivity contribution in [2.24, 2.45) is 0 Å². The van der Waals surface area contributed by atoms with Gasteiger partial charge in [-0.15, -0.1) is 5.10 Å². The summed E-state index contributed by atoms with van der Waals surface area (Å²) in [4.78, 5) is 23.1. The molecule has 4 N–H and O–H groups in total. The summed E-state index contributed by atoms with van der Waals surface area (Å²) in [5.74, 6) is -0.393. The maximum atomic E-state index is 12.3. The summed E-state index contributed by atoms with van der Waals surface area (Å²) in [6.07, 6.45) is -0.127. The molecule has 258 valence electrons. The van der Waals surface area contributed by atoms with Crippen molar-refractivity contribution in [3.05, 3.63) is 119 Å². The van der Waals surface area contributed by atoms with Crippen molar-refractivity contribution in [3.8, 4) is 22.6 Å². The molecule has 13 heteroatoms. The second kappa shape index (κ2) is 16.5. The number of benzene rings is 4. The minimum absolute atomic E-state index is 0.0392. The largest absolute Gasteiger partial charge is 0.508 e. The zero-order valence-electron chi connectivity index (χ0n) is 27.1. The molecule has 3 unspecified atom stereocenters. The number of carbonyl (C=O) groups excluding carboxylic acids is 1. The van der Waals surface area contributed by atoms with E-state index in [1.807, 2.05) is 72.8 Å². The first-order valence-electron chi connectivity index (χ1n) is 16.2. The summed E-state index contributed by atoms with van der Waals surface area (Å²) in [5.41, 5.74) is 6.24. The van der Waals surface area contributed by atoms with Gasteiger partial charge in [0.25, 0.3) is 0 Å². The minimum atomic E-state index is -0.915. The lowest BCUT2D eigenvalue weighted by atomic mass is 9.97. The van der Waals surface area contributed by atoms with Crippen molar-refractivity contribution in [1.82, 2.24) is 25.5 Å². The lowest BCUT2D eigenvalue weighted by molar-refractivity contribution is -0.245. The van der Waals surface area contributed by atoms with Crippen LogP contribution in [0, 0.1) is 0 Å². The number of rotatable bonds is 14. The fourth-order valence-electron chi connectivity index (χ4n) is 5.67. The molecule has 6 rings (SSSR count). The number of amides is 1. The van der Waals surface area contributed by atoms with Crippen LogP contribution in [-0.4, -0.2) is 59.3 Å². The van der Waals surface area contributed by atoms with Gasteiger partial charge in [-0.2, -0.15) is 4.68 Å². The van der Waals surface area contributed by atoms with Gasteiger partial charge in [-0.25, -0.2) is 0 Å². The second-order valence-electron chi connectivity index (χ2n) is 11.9. The molecule has 50 heavy (non-hydrogen) atoms. The van der Waals surface area contributed by atoms with Gasteiger partial charge in [0.1, 0.15) is 5.75 Å². The standard InChI is InChI=1S/C37H37N5O7S/c43-22-24-8-10-26(11-9-24)33-20-31(23-50-37-39-40-41-42(37)29-16-18-30(44)19-17-29)48-36(49-33)27-14-12-25(13-15-27)32-5-2-1-4-28(32)21-38-34(45)6-3-7-35(46)47/h1-2,4-5,8-19,31,33,36,43-44H,3,6-7,20-23H2,(H,38,45)(H,46,47). The average molecular weight is 696 g/mol. The Kier molecular flexibility index (Phi) is 11.5. The SMILES string of the molecule is O=C(O)CCCC(=O)NCc1ccccc1-c1ccc(C2OC(CSc3nnnn3-c3ccc(O)cc3)CC(c3ccc(CO)cc3)O2)cc1. The van der Waals surface area contributed by atoms with Gasteiger partial charge in [-0.3, -0.25) is 9.59 Å². The Labute approximate surface area is 293 Å². The smallest absolute Gasteiger partial charge is 0.303 e. The Bertz CT molecular complexity index is 1880. The van der Waals surface area contributed by atoms with Crippen molar-refractivity contribution in [3.63, 3.8) is 0 Å². The Morgan fingerprint density at radius 3 is 2.38 bits per heavy atom. The fourth-order valence-corrected chi connectivity index (χ4v) is 6.58. The molecule has 4 aromatic carbocycles. The topological polar surface area (TPSA) is 169 Å². The second-order valence-corrected chi connectivity index (χ2v) is 12.8. The molecule has 1 aliphatic heterocycles. The fraction of sp³-hybridized carbons (Fsp3) is 0.270. The van der Waals surface area contributed by atoms with Crippen LogP contribution in [0.4, 0.5) is 0 Å². The number of aliphatic hydroxyl groups is 1. The van der Waals surface area contributed by atoms with Crippen LogP contribution < -0.4 is 5.32 Å².